The van der Waals surface area contributed by atoms with Gasteiger partial charge in [-0.1, -0.05) is 23.5 Å². The molecule has 132 valence electrons. The Morgan fingerprint density at radius 2 is 2.15 bits per heavy atom. The predicted octanol–water partition coefficient (Wildman–Crippen LogP) is 4.26. The highest BCUT2D eigenvalue weighted by Crippen LogP contribution is 2.29. The Balaban J connectivity index is 1.79. The van der Waals surface area contributed by atoms with Gasteiger partial charge in [-0.15, -0.1) is 0 Å². The zero-order chi connectivity index (χ0) is 18.3. The number of halogens is 1. The normalized spacial score (nSPS) is 12.2. The molecule has 0 bridgehead atoms. The number of benzene rings is 2. The summed E-state index contributed by atoms with van der Waals surface area (Å²) in [7, 11) is 1.79. The van der Waals surface area contributed by atoms with E-state index in [0.717, 1.165) is 15.6 Å². The van der Waals surface area contributed by atoms with Crippen LogP contribution in [0.4, 0.5) is 4.39 Å². The molecule has 0 fully saturated rings. The zero-order valence-corrected chi connectivity index (χ0v) is 15.0. The minimum atomic E-state index is -0.494. The van der Waals surface area contributed by atoms with Gasteiger partial charge in [0.05, 0.1) is 16.8 Å². The van der Waals surface area contributed by atoms with E-state index in [0.29, 0.717) is 22.7 Å². The van der Waals surface area contributed by atoms with Gasteiger partial charge in [-0.05, 0) is 37.3 Å². The van der Waals surface area contributed by atoms with E-state index in [-0.39, 0.29) is 11.6 Å². The minimum Gasteiger partial charge on any atom is -0.490 e. The van der Waals surface area contributed by atoms with Gasteiger partial charge < -0.3 is 13.7 Å². The van der Waals surface area contributed by atoms with Crippen LogP contribution in [0, 0.1) is 5.82 Å². The summed E-state index contributed by atoms with van der Waals surface area (Å²) in [5.41, 5.74) is 1.34. The molecule has 1 amide bonds. The number of aromatic nitrogens is 1. The lowest BCUT2D eigenvalue weighted by atomic mass is 10.2. The molecule has 0 spiro atoms. The Kier molecular flexibility index (Phi) is 4.08. The number of carbonyl (C=O) groups excluding carboxylic acids is 1. The van der Waals surface area contributed by atoms with Crippen LogP contribution in [0.1, 0.15) is 17.5 Å². The van der Waals surface area contributed by atoms with Gasteiger partial charge in [-0.3, -0.25) is 4.79 Å². The summed E-state index contributed by atoms with van der Waals surface area (Å²) in [6.45, 7) is 2.38. The van der Waals surface area contributed by atoms with Crippen LogP contribution in [0.25, 0.3) is 21.2 Å². The van der Waals surface area contributed by atoms with Crippen LogP contribution in [-0.4, -0.2) is 17.1 Å². The molecule has 0 N–H and O–H groups in total. The van der Waals surface area contributed by atoms with Crippen LogP contribution < -0.4 is 9.54 Å². The highest BCUT2D eigenvalue weighted by Gasteiger charge is 2.15. The number of thiazole rings is 1. The molecule has 2 aromatic heterocycles. The number of para-hydroxylation sites is 1. The van der Waals surface area contributed by atoms with Crippen LogP contribution >= 0.6 is 11.3 Å². The number of hydrogen-bond donors (Lipinski definition) is 0. The first-order valence-corrected chi connectivity index (χ1v) is 8.88. The maximum absolute atomic E-state index is 13.4. The number of fused-ring (bicyclic) bond motifs is 2. The number of nitrogens with zero attached hydrogens (tertiary/aromatic N) is 2. The van der Waals surface area contributed by atoms with E-state index in [9.17, 15) is 9.18 Å². The van der Waals surface area contributed by atoms with Crippen LogP contribution in [0.2, 0.25) is 0 Å². The largest absolute Gasteiger partial charge is 0.490 e. The smallest absolute Gasteiger partial charge is 0.315 e. The number of ether oxygens (including phenoxy) is 1. The molecule has 0 aliphatic heterocycles. The summed E-state index contributed by atoms with van der Waals surface area (Å²) in [5.74, 6) is -0.0908. The lowest BCUT2D eigenvalue weighted by Crippen LogP contribution is -2.12. The summed E-state index contributed by atoms with van der Waals surface area (Å²) in [5, 5.41) is 0.775. The number of amides is 1. The topological polar surface area (TPSA) is 56.7 Å². The van der Waals surface area contributed by atoms with Gasteiger partial charge in [0.1, 0.15) is 5.82 Å². The summed E-state index contributed by atoms with van der Waals surface area (Å²) in [6.07, 6.45) is 0. The number of carbonyl (C=O) groups is 1. The zero-order valence-electron chi connectivity index (χ0n) is 14.2. The third kappa shape index (κ3) is 2.80. The molecule has 0 unspecified atom stereocenters. The molecule has 2 aromatic carbocycles. The van der Waals surface area contributed by atoms with Crippen LogP contribution in [0.15, 0.2) is 51.9 Å². The number of hydrogen-bond acceptors (Lipinski definition) is 4. The first-order valence-electron chi connectivity index (χ1n) is 8.06. The second-order valence-corrected chi connectivity index (χ2v) is 6.70. The van der Waals surface area contributed by atoms with Crippen molar-refractivity contribution in [1.29, 1.82) is 0 Å². The summed E-state index contributed by atoms with van der Waals surface area (Å²) < 4.78 is 27.1. The summed E-state index contributed by atoms with van der Waals surface area (Å²) in [6, 6.07) is 11.6. The first-order chi connectivity index (χ1) is 12.6. The molecule has 2 heterocycles. The molecule has 0 saturated heterocycles. The standard InChI is InChI=1S/C19H15FN2O3S/c1-3-24-14-6-4-5-11-9-15(25-17(11)14)18(23)21-19-22(2)13-8-7-12(20)10-16(13)26-19/h4-10H,3H2,1-2H3. The van der Waals surface area contributed by atoms with E-state index in [2.05, 4.69) is 4.99 Å². The van der Waals surface area contributed by atoms with Gasteiger partial charge in [0.2, 0.25) is 0 Å². The van der Waals surface area contributed by atoms with Crippen molar-refractivity contribution in [2.24, 2.45) is 12.0 Å². The van der Waals surface area contributed by atoms with Gasteiger partial charge in [0, 0.05) is 12.4 Å². The van der Waals surface area contributed by atoms with E-state index in [1.807, 2.05) is 19.1 Å². The Morgan fingerprint density at radius 3 is 2.96 bits per heavy atom. The third-order valence-corrected chi connectivity index (χ3v) is 5.08. The molecule has 26 heavy (non-hydrogen) atoms. The van der Waals surface area contributed by atoms with Crippen molar-refractivity contribution in [1.82, 2.24) is 4.57 Å². The quantitative estimate of drug-likeness (QED) is 0.541. The second kappa shape index (κ2) is 6.42. The van der Waals surface area contributed by atoms with Crippen molar-refractivity contribution >= 4 is 38.4 Å². The summed E-state index contributed by atoms with van der Waals surface area (Å²) in [4.78, 5) is 17.2. The lowest BCUT2D eigenvalue weighted by Gasteiger charge is -2.01. The van der Waals surface area contributed by atoms with Crippen molar-refractivity contribution in [3.05, 3.63) is 58.8 Å². The van der Waals surface area contributed by atoms with E-state index in [1.54, 1.807) is 29.8 Å². The number of rotatable bonds is 3. The second-order valence-electron chi connectivity index (χ2n) is 5.69. The van der Waals surface area contributed by atoms with E-state index in [4.69, 9.17) is 9.15 Å². The Bertz CT molecular complexity index is 1200. The van der Waals surface area contributed by atoms with E-state index >= 15 is 0 Å². The third-order valence-electron chi connectivity index (χ3n) is 3.99. The van der Waals surface area contributed by atoms with E-state index < -0.39 is 5.91 Å². The van der Waals surface area contributed by atoms with Gasteiger partial charge in [-0.25, -0.2) is 4.39 Å². The van der Waals surface area contributed by atoms with Crippen LogP contribution in [-0.2, 0) is 7.05 Å². The molecular formula is C19H15FN2O3S. The van der Waals surface area contributed by atoms with Gasteiger partial charge in [0.25, 0.3) is 0 Å². The van der Waals surface area contributed by atoms with Gasteiger partial charge in [-0.2, -0.15) is 4.99 Å². The number of aryl methyl sites for hydroxylation is 1. The fourth-order valence-electron chi connectivity index (χ4n) is 2.77. The average Bonchev–Trinajstić information content (AvgIpc) is 3.18. The Hall–Kier alpha value is -2.93. The lowest BCUT2D eigenvalue weighted by molar-refractivity contribution is 0.0973. The molecule has 4 aromatic rings. The van der Waals surface area contributed by atoms with Crippen molar-refractivity contribution in [2.75, 3.05) is 6.61 Å². The monoisotopic (exact) mass is 370 g/mol. The van der Waals surface area contributed by atoms with Crippen molar-refractivity contribution < 1.29 is 18.3 Å². The molecule has 7 heteroatoms. The average molecular weight is 370 g/mol. The highest BCUT2D eigenvalue weighted by atomic mass is 32.1. The molecule has 0 aliphatic carbocycles. The predicted molar refractivity (Wildman–Crippen MR) is 98.0 cm³/mol. The highest BCUT2D eigenvalue weighted by molar-refractivity contribution is 7.16. The molecule has 0 aliphatic rings. The molecular weight excluding hydrogens is 355 g/mol. The van der Waals surface area contributed by atoms with Crippen molar-refractivity contribution in [3.63, 3.8) is 0 Å². The Labute approximate surface area is 152 Å². The van der Waals surface area contributed by atoms with Crippen molar-refractivity contribution in [2.45, 2.75) is 6.92 Å². The van der Waals surface area contributed by atoms with Gasteiger partial charge >= 0.3 is 5.91 Å². The maximum atomic E-state index is 13.4. The fourth-order valence-corrected chi connectivity index (χ4v) is 3.81. The molecule has 5 nitrogen and oxygen atoms in total. The molecule has 0 radical (unpaired) electrons. The van der Waals surface area contributed by atoms with E-state index in [1.165, 1.54) is 23.5 Å². The van der Waals surface area contributed by atoms with Crippen LogP contribution in [0.5, 0.6) is 5.75 Å². The minimum absolute atomic E-state index is 0.135. The van der Waals surface area contributed by atoms with Crippen molar-refractivity contribution in [3.8, 4) is 5.75 Å². The molecule has 0 saturated carbocycles. The molecule has 4 rings (SSSR count). The van der Waals surface area contributed by atoms with Gasteiger partial charge in [0.15, 0.2) is 21.9 Å². The Morgan fingerprint density at radius 1 is 1.31 bits per heavy atom. The maximum Gasteiger partial charge on any atom is 0.315 e. The fraction of sp³-hybridized carbons (Fsp3) is 0.158. The van der Waals surface area contributed by atoms with Crippen LogP contribution in [0.3, 0.4) is 0 Å². The SMILES string of the molecule is CCOc1cccc2cc(C(=O)N=c3sc4cc(F)ccc4n3C)oc12. The first kappa shape index (κ1) is 16.5. The molecule has 0 atom stereocenters. The summed E-state index contributed by atoms with van der Waals surface area (Å²) >= 11 is 1.25. The number of furan rings is 1.